The molecule has 0 aromatic carbocycles. The summed E-state index contributed by atoms with van der Waals surface area (Å²) in [7, 11) is 0. The van der Waals surface area contributed by atoms with Crippen molar-refractivity contribution in [3.63, 3.8) is 0 Å². The largest absolute Gasteiger partial charge is 0.330 e. The third-order valence-corrected chi connectivity index (χ3v) is 4.52. The molecule has 1 saturated carbocycles. The van der Waals surface area contributed by atoms with Crippen molar-refractivity contribution < 1.29 is 14.4 Å². The number of barbiturate groups is 1. The van der Waals surface area contributed by atoms with Crippen LogP contribution in [0.15, 0.2) is 0 Å². The number of imide groups is 2. The van der Waals surface area contributed by atoms with Gasteiger partial charge in [0.1, 0.15) is 5.41 Å². The Hall–Kier alpha value is -1.39. The summed E-state index contributed by atoms with van der Waals surface area (Å²) in [6.07, 6.45) is 4.58. The molecule has 4 amide bonds. The first-order valence-electron chi connectivity index (χ1n) is 7.01. The van der Waals surface area contributed by atoms with E-state index in [9.17, 15) is 14.4 Å². The molecule has 2 rings (SSSR count). The van der Waals surface area contributed by atoms with Gasteiger partial charge in [-0.05, 0) is 32.1 Å². The Morgan fingerprint density at radius 3 is 2.47 bits per heavy atom. The number of nitrogens with one attached hydrogen (secondary N) is 1. The lowest BCUT2D eigenvalue weighted by Gasteiger charge is -2.38. The first kappa shape index (κ1) is 14.0. The third-order valence-electron chi connectivity index (χ3n) is 4.52. The van der Waals surface area contributed by atoms with Crippen LogP contribution in [0.2, 0.25) is 0 Å². The van der Waals surface area contributed by atoms with E-state index in [4.69, 9.17) is 0 Å². The molecule has 1 saturated heterocycles. The van der Waals surface area contributed by atoms with Crippen molar-refractivity contribution in [2.24, 2.45) is 17.3 Å². The maximum atomic E-state index is 12.3. The second-order valence-corrected chi connectivity index (χ2v) is 6.32. The van der Waals surface area contributed by atoms with E-state index in [2.05, 4.69) is 12.2 Å². The maximum Gasteiger partial charge on any atom is 0.330 e. The molecule has 19 heavy (non-hydrogen) atoms. The van der Waals surface area contributed by atoms with Crippen LogP contribution < -0.4 is 5.32 Å². The summed E-state index contributed by atoms with van der Waals surface area (Å²) in [5.74, 6) is -0.00277. The van der Waals surface area contributed by atoms with E-state index in [1.807, 2.05) is 0 Å². The van der Waals surface area contributed by atoms with Crippen LogP contribution in [-0.4, -0.2) is 29.3 Å². The smallest absolute Gasteiger partial charge is 0.277 e. The number of hydrogen-bond donors (Lipinski definition) is 1. The van der Waals surface area contributed by atoms with Gasteiger partial charge in [-0.15, -0.1) is 0 Å². The highest BCUT2D eigenvalue weighted by Crippen LogP contribution is 2.32. The van der Waals surface area contributed by atoms with Crippen LogP contribution in [0.4, 0.5) is 4.79 Å². The highest BCUT2D eigenvalue weighted by molar-refractivity contribution is 6.18. The van der Waals surface area contributed by atoms with Gasteiger partial charge in [0.2, 0.25) is 11.8 Å². The lowest BCUT2D eigenvalue weighted by molar-refractivity contribution is -0.149. The highest BCUT2D eigenvalue weighted by Gasteiger charge is 2.47. The first-order valence-corrected chi connectivity index (χ1v) is 7.01. The summed E-state index contributed by atoms with van der Waals surface area (Å²) in [4.78, 5) is 37.0. The lowest BCUT2D eigenvalue weighted by atomic mass is 9.79. The normalized spacial score (nSPS) is 31.3. The lowest BCUT2D eigenvalue weighted by Crippen LogP contribution is -2.62. The van der Waals surface area contributed by atoms with Gasteiger partial charge in [0.15, 0.2) is 0 Å². The Bertz CT molecular complexity index is 417. The van der Waals surface area contributed by atoms with Gasteiger partial charge in [0.25, 0.3) is 0 Å². The Labute approximate surface area is 113 Å². The van der Waals surface area contributed by atoms with E-state index in [0.717, 1.165) is 19.3 Å². The molecule has 0 radical (unpaired) electrons. The first-order chi connectivity index (χ1) is 8.84. The van der Waals surface area contributed by atoms with Crippen molar-refractivity contribution in [2.75, 3.05) is 6.54 Å². The number of hydrogen-bond acceptors (Lipinski definition) is 3. The Morgan fingerprint density at radius 1 is 1.21 bits per heavy atom. The SMILES string of the molecule is CC1CCCCC1CN1C(=O)NC(=O)C(C)(C)C1=O. The number of urea groups is 1. The quantitative estimate of drug-likeness (QED) is 0.776. The second kappa shape index (κ2) is 4.94. The van der Waals surface area contributed by atoms with Crippen LogP contribution in [0.25, 0.3) is 0 Å². The average molecular weight is 266 g/mol. The third kappa shape index (κ3) is 2.51. The zero-order valence-corrected chi connectivity index (χ0v) is 11.9. The second-order valence-electron chi connectivity index (χ2n) is 6.32. The molecule has 2 unspecified atom stereocenters. The van der Waals surface area contributed by atoms with Gasteiger partial charge in [0, 0.05) is 6.54 Å². The fourth-order valence-electron chi connectivity index (χ4n) is 2.91. The monoisotopic (exact) mass is 266 g/mol. The van der Waals surface area contributed by atoms with Crippen LogP contribution >= 0.6 is 0 Å². The predicted molar refractivity (Wildman–Crippen MR) is 70.2 cm³/mol. The summed E-state index contributed by atoms with van der Waals surface area (Å²) in [5, 5.41) is 2.28. The van der Waals surface area contributed by atoms with Gasteiger partial charge >= 0.3 is 6.03 Å². The Morgan fingerprint density at radius 2 is 1.84 bits per heavy atom. The maximum absolute atomic E-state index is 12.3. The number of rotatable bonds is 2. The van der Waals surface area contributed by atoms with E-state index in [0.29, 0.717) is 18.4 Å². The highest BCUT2D eigenvalue weighted by atomic mass is 16.2. The molecule has 0 spiro atoms. The predicted octanol–water partition coefficient (Wildman–Crippen LogP) is 1.92. The summed E-state index contributed by atoms with van der Waals surface area (Å²) in [5.41, 5.74) is -1.15. The van der Waals surface area contributed by atoms with Crippen molar-refractivity contribution in [3.05, 3.63) is 0 Å². The standard InChI is InChI=1S/C14H22N2O3/c1-9-6-4-5-7-10(9)8-16-12(18)14(2,3)11(17)15-13(16)19/h9-10H,4-8H2,1-3H3,(H,15,17,19). The Kier molecular flexibility index (Phi) is 3.65. The van der Waals surface area contributed by atoms with E-state index in [1.165, 1.54) is 11.3 Å². The van der Waals surface area contributed by atoms with E-state index >= 15 is 0 Å². The van der Waals surface area contributed by atoms with Gasteiger partial charge in [-0.2, -0.15) is 0 Å². The number of nitrogens with zero attached hydrogens (tertiary/aromatic N) is 1. The number of amides is 4. The molecular formula is C14H22N2O3. The summed E-state index contributed by atoms with van der Waals surface area (Å²) in [6, 6.07) is -0.563. The van der Waals surface area contributed by atoms with Crippen molar-refractivity contribution in [1.29, 1.82) is 0 Å². The molecule has 5 heteroatoms. The van der Waals surface area contributed by atoms with Gasteiger partial charge in [-0.25, -0.2) is 4.79 Å². The Balaban J connectivity index is 2.12. The molecule has 2 atom stereocenters. The van der Waals surface area contributed by atoms with E-state index in [1.54, 1.807) is 13.8 Å². The molecule has 0 aromatic rings. The fraction of sp³-hybridized carbons (Fsp3) is 0.786. The molecular weight excluding hydrogens is 244 g/mol. The van der Waals surface area contributed by atoms with Gasteiger partial charge in [0.05, 0.1) is 0 Å². The summed E-state index contributed by atoms with van der Waals surface area (Å²) < 4.78 is 0. The van der Waals surface area contributed by atoms with E-state index in [-0.39, 0.29) is 5.91 Å². The minimum Gasteiger partial charge on any atom is -0.277 e. The average Bonchev–Trinajstić information content (AvgIpc) is 2.35. The number of carbonyl (C=O) groups excluding carboxylic acids is 3. The molecule has 2 fully saturated rings. The van der Waals surface area contributed by atoms with Crippen LogP contribution in [0, 0.1) is 17.3 Å². The molecule has 5 nitrogen and oxygen atoms in total. The molecule has 106 valence electrons. The van der Waals surface area contributed by atoms with Gasteiger partial charge in [-0.3, -0.25) is 19.8 Å². The minimum atomic E-state index is -1.15. The zero-order chi connectivity index (χ0) is 14.2. The van der Waals surface area contributed by atoms with Crippen LogP contribution in [0.1, 0.15) is 46.5 Å². The number of carbonyl (C=O) groups is 3. The molecule has 0 aromatic heterocycles. The summed E-state index contributed by atoms with van der Waals surface area (Å²) in [6.45, 7) is 5.73. The van der Waals surface area contributed by atoms with Crippen LogP contribution in [-0.2, 0) is 9.59 Å². The van der Waals surface area contributed by atoms with Crippen molar-refractivity contribution >= 4 is 17.8 Å². The summed E-state index contributed by atoms with van der Waals surface area (Å²) >= 11 is 0. The van der Waals surface area contributed by atoms with Gasteiger partial charge < -0.3 is 0 Å². The van der Waals surface area contributed by atoms with Crippen molar-refractivity contribution in [3.8, 4) is 0 Å². The topological polar surface area (TPSA) is 66.5 Å². The van der Waals surface area contributed by atoms with Crippen LogP contribution in [0.3, 0.4) is 0 Å². The molecule has 1 aliphatic heterocycles. The zero-order valence-electron chi connectivity index (χ0n) is 11.9. The molecule has 1 aliphatic carbocycles. The van der Waals surface area contributed by atoms with Crippen molar-refractivity contribution in [1.82, 2.24) is 10.2 Å². The molecule has 2 aliphatic rings. The molecule has 0 bridgehead atoms. The fourth-order valence-corrected chi connectivity index (χ4v) is 2.91. The van der Waals surface area contributed by atoms with Crippen molar-refractivity contribution in [2.45, 2.75) is 46.5 Å². The molecule has 1 N–H and O–H groups in total. The molecule has 1 heterocycles. The minimum absolute atomic E-state index is 0.354. The van der Waals surface area contributed by atoms with Gasteiger partial charge in [-0.1, -0.05) is 26.2 Å². The van der Waals surface area contributed by atoms with Crippen LogP contribution in [0.5, 0.6) is 0 Å². The van der Waals surface area contributed by atoms with E-state index < -0.39 is 17.4 Å².